The molecule has 1 saturated carbocycles. The first kappa shape index (κ1) is 26.4. The van der Waals surface area contributed by atoms with Crippen molar-refractivity contribution in [3.8, 4) is 5.75 Å². The summed E-state index contributed by atoms with van der Waals surface area (Å²) in [6.07, 6.45) is 3.87. The number of carbonyl (C=O) groups excluding carboxylic acids is 1. The van der Waals surface area contributed by atoms with Crippen molar-refractivity contribution in [2.24, 2.45) is 5.73 Å². The Bertz CT molecular complexity index is 1260. The van der Waals surface area contributed by atoms with Crippen molar-refractivity contribution in [3.05, 3.63) is 45.3 Å². The molecule has 2 fully saturated rings. The molecule has 1 amide bonds. The Morgan fingerprint density at radius 2 is 2.06 bits per heavy atom. The van der Waals surface area contributed by atoms with Gasteiger partial charge in [0.2, 0.25) is 11.3 Å². The van der Waals surface area contributed by atoms with Crippen LogP contribution in [-0.2, 0) is 4.79 Å². The number of ether oxygens (including phenoxy) is 1. The number of benzene rings is 1. The number of nitrogens with zero attached hydrogens (tertiary/aromatic N) is 2. The molecule has 1 saturated heterocycles. The van der Waals surface area contributed by atoms with Gasteiger partial charge in [-0.15, -0.1) is 12.4 Å². The SMILES string of the molecule is COc1c(N2CCCC(=C(F)CNC(=O)CN)C2)c(F)cc2c(=O)c(C(=O)O)cn(C3CC3)c12.Cl. The van der Waals surface area contributed by atoms with Gasteiger partial charge in [0.1, 0.15) is 17.1 Å². The lowest BCUT2D eigenvalue weighted by Crippen LogP contribution is -2.35. The fourth-order valence-electron chi connectivity index (χ4n) is 4.38. The molecule has 1 aliphatic heterocycles. The van der Waals surface area contributed by atoms with E-state index >= 15 is 4.39 Å². The first-order valence-corrected chi connectivity index (χ1v) is 11.0. The van der Waals surface area contributed by atoms with E-state index in [1.807, 2.05) is 0 Å². The van der Waals surface area contributed by atoms with E-state index in [4.69, 9.17) is 10.5 Å². The van der Waals surface area contributed by atoms with Crippen molar-refractivity contribution in [1.82, 2.24) is 9.88 Å². The third-order valence-electron chi connectivity index (χ3n) is 6.19. The first-order valence-electron chi connectivity index (χ1n) is 11.0. The number of pyridine rings is 1. The number of fused-ring (bicyclic) bond motifs is 1. The number of piperidine rings is 1. The number of carboxylic acid groups (broad SMARTS) is 1. The van der Waals surface area contributed by atoms with Gasteiger partial charge in [0.15, 0.2) is 11.6 Å². The maximum atomic E-state index is 15.4. The maximum Gasteiger partial charge on any atom is 0.341 e. The summed E-state index contributed by atoms with van der Waals surface area (Å²) in [5, 5.41) is 11.8. The number of aromatic nitrogens is 1. The number of aromatic carboxylic acids is 1. The Hall–Kier alpha value is -3.18. The summed E-state index contributed by atoms with van der Waals surface area (Å²) in [7, 11) is 1.36. The van der Waals surface area contributed by atoms with Crippen LogP contribution in [0.5, 0.6) is 5.75 Å². The van der Waals surface area contributed by atoms with Gasteiger partial charge in [0, 0.05) is 25.3 Å². The van der Waals surface area contributed by atoms with Crippen molar-refractivity contribution >= 4 is 40.9 Å². The summed E-state index contributed by atoms with van der Waals surface area (Å²) in [6, 6.07) is 1.02. The van der Waals surface area contributed by atoms with Gasteiger partial charge in [-0.1, -0.05) is 0 Å². The zero-order chi connectivity index (χ0) is 24.6. The Kier molecular flexibility index (Phi) is 8.01. The van der Waals surface area contributed by atoms with Crippen molar-refractivity contribution in [1.29, 1.82) is 0 Å². The third kappa shape index (κ3) is 5.10. The molecule has 1 aromatic heterocycles. The van der Waals surface area contributed by atoms with Crippen LogP contribution >= 0.6 is 12.4 Å². The number of hydrogen-bond acceptors (Lipinski definition) is 6. The highest BCUT2D eigenvalue weighted by Crippen LogP contribution is 2.44. The van der Waals surface area contributed by atoms with Crippen LogP contribution in [0.25, 0.3) is 10.9 Å². The van der Waals surface area contributed by atoms with E-state index in [1.54, 1.807) is 9.47 Å². The van der Waals surface area contributed by atoms with Crippen LogP contribution in [0.4, 0.5) is 14.5 Å². The number of carbonyl (C=O) groups is 2. The number of carboxylic acids is 1. The van der Waals surface area contributed by atoms with E-state index in [-0.39, 0.29) is 54.9 Å². The molecule has 0 atom stereocenters. The van der Waals surface area contributed by atoms with Crippen LogP contribution in [0, 0.1) is 5.82 Å². The molecule has 35 heavy (non-hydrogen) atoms. The molecule has 2 aromatic rings. The number of hydrogen-bond donors (Lipinski definition) is 3. The molecule has 1 aliphatic carbocycles. The van der Waals surface area contributed by atoms with Gasteiger partial charge in [-0.2, -0.15) is 0 Å². The van der Waals surface area contributed by atoms with E-state index in [2.05, 4.69) is 5.32 Å². The van der Waals surface area contributed by atoms with Gasteiger partial charge < -0.3 is 30.4 Å². The number of rotatable bonds is 7. The van der Waals surface area contributed by atoms with Gasteiger partial charge in [0.05, 0.1) is 31.1 Å². The minimum absolute atomic E-state index is 0. The summed E-state index contributed by atoms with van der Waals surface area (Å²) in [6.45, 7) is -0.0498. The average molecular weight is 513 g/mol. The standard InChI is InChI=1S/C23H26F2N4O5.ClH/c1-34-22-19-14(21(31)15(23(32)33)11-29(19)13-4-5-13)7-16(24)20(22)28-6-2-3-12(10-28)17(25)9-27-18(30)8-26;/h7,11,13H,2-6,8-10,26H2,1H3,(H,27,30)(H,32,33);1H. The smallest absolute Gasteiger partial charge is 0.341 e. The minimum atomic E-state index is -1.38. The van der Waals surface area contributed by atoms with E-state index < -0.39 is 34.5 Å². The molecule has 4 rings (SSSR count). The summed E-state index contributed by atoms with van der Waals surface area (Å²) in [5.41, 5.74) is 4.84. The molecule has 2 aliphatic rings. The van der Waals surface area contributed by atoms with Crippen LogP contribution in [0.15, 0.2) is 28.5 Å². The summed E-state index contributed by atoms with van der Waals surface area (Å²) < 4.78 is 37.4. The second-order valence-electron chi connectivity index (χ2n) is 8.47. The highest BCUT2D eigenvalue weighted by molar-refractivity contribution is 5.97. The van der Waals surface area contributed by atoms with Crippen molar-refractivity contribution in [2.45, 2.75) is 31.7 Å². The van der Waals surface area contributed by atoms with E-state index in [1.165, 1.54) is 13.3 Å². The van der Waals surface area contributed by atoms with Gasteiger partial charge in [0.25, 0.3) is 0 Å². The first-order chi connectivity index (χ1) is 16.3. The second kappa shape index (κ2) is 10.6. The molecular formula is C23H27ClF2N4O5. The lowest BCUT2D eigenvalue weighted by molar-refractivity contribution is -0.119. The number of amides is 1. The summed E-state index contributed by atoms with van der Waals surface area (Å²) in [5.74, 6) is -3.02. The fraction of sp³-hybridized carbons (Fsp3) is 0.435. The predicted octanol–water partition coefficient (Wildman–Crippen LogP) is 2.50. The highest BCUT2D eigenvalue weighted by atomic mass is 35.5. The fourth-order valence-corrected chi connectivity index (χ4v) is 4.38. The minimum Gasteiger partial charge on any atom is -0.492 e. The number of nitrogens with two attached hydrogens (primary N) is 1. The Balaban J connectivity index is 0.00000342. The normalized spacial score (nSPS) is 17.1. The number of nitrogens with one attached hydrogen (secondary N) is 1. The van der Waals surface area contributed by atoms with Crippen LogP contribution in [0.3, 0.4) is 0 Å². The molecule has 0 unspecified atom stereocenters. The number of methoxy groups -OCH3 is 1. The van der Waals surface area contributed by atoms with Crippen LogP contribution in [-0.4, -0.2) is 54.8 Å². The Labute approximate surface area is 205 Å². The summed E-state index contributed by atoms with van der Waals surface area (Å²) >= 11 is 0. The molecule has 4 N–H and O–H groups in total. The monoisotopic (exact) mass is 512 g/mol. The van der Waals surface area contributed by atoms with Crippen molar-refractivity contribution < 1.29 is 28.2 Å². The maximum absolute atomic E-state index is 15.4. The summed E-state index contributed by atoms with van der Waals surface area (Å²) in [4.78, 5) is 37.4. The number of anilines is 1. The molecule has 190 valence electrons. The molecule has 12 heteroatoms. The van der Waals surface area contributed by atoms with Crippen LogP contribution in [0.2, 0.25) is 0 Å². The Morgan fingerprint density at radius 3 is 2.66 bits per heavy atom. The molecule has 0 radical (unpaired) electrons. The lowest BCUT2D eigenvalue weighted by Gasteiger charge is -2.33. The predicted molar refractivity (Wildman–Crippen MR) is 129 cm³/mol. The van der Waals surface area contributed by atoms with Gasteiger partial charge in [-0.3, -0.25) is 9.59 Å². The van der Waals surface area contributed by atoms with Gasteiger partial charge in [-0.05, 0) is 37.3 Å². The van der Waals surface area contributed by atoms with E-state index in [9.17, 15) is 23.9 Å². The van der Waals surface area contributed by atoms with Crippen LogP contribution in [0.1, 0.15) is 42.1 Å². The van der Waals surface area contributed by atoms with Crippen LogP contribution < -0.4 is 26.1 Å². The quantitative estimate of drug-likeness (QED) is 0.520. The molecule has 1 aromatic carbocycles. The zero-order valence-corrected chi connectivity index (χ0v) is 19.9. The van der Waals surface area contributed by atoms with E-state index in [0.29, 0.717) is 30.5 Å². The molecule has 9 nitrogen and oxygen atoms in total. The highest BCUT2D eigenvalue weighted by Gasteiger charge is 2.32. The van der Waals surface area contributed by atoms with Crippen molar-refractivity contribution in [2.75, 3.05) is 38.2 Å². The number of halogens is 3. The topological polar surface area (TPSA) is 127 Å². The molecule has 0 bridgehead atoms. The third-order valence-corrected chi connectivity index (χ3v) is 6.19. The van der Waals surface area contributed by atoms with Crippen molar-refractivity contribution in [3.63, 3.8) is 0 Å². The molecule has 0 spiro atoms. The Morgan fingerprint density at radius 1 is 1.34 bits per heavy atom. The van der Waals surface area contributed by atoms with E-state index in [0.717, 1.165) is 18.9 Å². The van der Waals surface area contributed by atoms with Gasteiger partial charge in [-0.25, -0.2) is 13.6 Å². The molecular weight excluding hydrogens is 486 g/mol. The lowest BCUT2D eigenvalue weighted by atomic mass is 10.0. The largest absolute Gasteiger partial charge is 0.492 e. The second-order valence-corrected chi connectivity index (χ2v) is 8.47. The average Bonchev–Trinajstić information content (AvgIpc) is 3.67. The van der Waals surface area contributed by atoms with Gasteiger partial charge >= 0.3 is 5.97 Å². The molecule has 2 heterocycles. The zero-order valence-electron chi connectivity index (χ0n) is 19.1.